The molecule has 1 atom stereocenters. The molecule has 1 aliphatic carbocycles. The molecule has 1 saturated carbocycles. The van der Waals surface area contributed by atoms with Gasteiger partial charge in [0.15, 0.2) is 5.16 Å². The Balaban J connectivity index is 1.53. The van der Waals surface area contributed by atoms with Crippen LogP contribution in [-0.4, -0.2) is 32.5 Å². The highest BCUT2D eigenvalue weighted by molar-refractivity contribution is 7.99. The standard InChI is InChI=1S/C19H28N4OS2/c1-3-4-5-7-14(2)20-18(24)13-26-19-22-21-17(23(19)15-9-10-15)12-16-8-6-11-25-16/h6,8,11,14-15H,3-5,7,9-10,12-13H2,1-2H3,(H,20,24). The normalized spacial score (nSPS) is 15.2. The van der Waals surface area contributed by atoms with Gasteiger partial charge in [0.2, 0.25) is 5.91 Å². The monoisotopic (exact) mass is 392 g/mol. The molecular formula is C19H28N4OS2. The molecule has 1 amide bonds. The van der Waals surface area contributed by atoms with Gasteiger partial charge in [0, 0.05) is 23.4 Å². The SMILES string of the molecule is CCCCCC(C)NC(=O)CSc1nnc(Cc2cccs2)n1C1CC1. The minimum atomic E-state index is 0.0872. The first-order valence-electron chi connectivity index (χ1n) is 9.55. The van der Waals surface area contributed by atoms with Crippen LogP contribution in [0.1, 0.15) is 69.1 Å². The van der Waals surface area contributed by atoms with E-state index in [1.807, 2.05) is 0 Å². The smallest absolute Gasteiger partial charge is 0.230 e. The van der Waals surface area contributed by atoms with Gasteiger partial charge in [-0.25, -0.2) is 0 Å². The molecule has 2 heterocycles. The molecule has 26 heavy (non-hydrogen) atoms. The lowest BCUT2D eigenvalue weighted by Gasteiger charge is -2.13. The number of hydrogen-bond donors (Lipinski definition) is 1. The molecule has 2 aromatic heterocycles. The van der Waals surface area contributed by atoms with E-state index in [2.05, 4.69) is 51.4 Å². The van der Waals surface area contributed by atoms with Crippen LogP contribution in [0.4, 0.5) is 0 Å². The minimum absolute atomic E-state index is 0.0872. The van der Waals surface area contributed by atoms with Crippen LogP contribution in [0.25, 0.3) is 0 Å². The summed E-state index contributed by atoms with van der Waals surface area (Å²) in [5.41, 5.74) is 0. The van der Waals surface area contributed by atoms with Crippen molar-refractivity contribution in [2.45, 2.75) is 76.0 Å². The van der Waals surface area contributed by atoms with Gasteiger partial charge in [-0.2, -0.15) is 0 Å². The molecule has 0 spiro atoms. The predicted molar refractivity (Wildman–Crippen MR) is 108 cm³/mol. The molecule has 142 valence electrons. The van der Waals surface area contributed by atoms with Gasteiger partial charge in [-0.05, 0) is 37.6 Å². The highest BCUT2D eigenvalue weighted by atomic mass is 32.2. The van der Waals surface area contributed by atoms with Gasteiger partial charge in [0.25, 0.3) is 0 Å². The van der Waals surface area contributed by atoms with E-state index < -0.39 is 0 Å². The first kappa shape index (κ1) is 19.4. The summed E-state index contributed by atoms with van der Waals surface area (Å²) in [6, 6.07) is 4.96. The highest BCUT2D eigenvalue weighted by Crippen LogP contribution is 2.39. The van der Waals surface area contributed by atoms with Gasteiger partial charge < -0.3 is 9.88 Å². The maximum atomic E-state index is 12.2. The van der Waals surface area contributed by atoms with E-state index in [0.29, 0.717) is 11.8 Å². The molecule has 0 bridgehead atoms. The average molecular weight is 393 g/mol. The fourth-order valence-electron chi connectivity index (χ4n) is 3.01. The number of carbonyl (C=O) groups excluding carboxylic acids is 1. The zero-order chi connectivity index (χ0) is 18.4. The Morgan fingerprint density at radius 2 is 2.27 bits per heavy atom. The van der Waals surface area contributed by atoms with E-state index in [1.54, 1.807) is 11.3 Å². The summed E-state index contributed by atoms with van der Waals surface area (Å²) in [7, 11) is 0. The first-order chi connectivity index (χ1) is 12.7. The van der Waals surface area contributed by atoms with Crippen molar-refractivity contribution in [2.24, 2.45) is 0 Å². The molecule has 1 unspecified atom stereocenters. The van der Waals surface area contributed by atoms with E-state index in [0.717, 1.165) is 23.8 Å². The molecule has 1 N–H and O–H groups in total. The van der Waals surface area contributed by atoms with E-state index in [-0.39, 0.29) is 11.9 Å². The van der Waals surface area contributed by atoms with Crippen molar-refractivity contribution in [1.29, 1.82) is 0 Å². The zero-order valence-corrected chi connectivity index (χ0v) is 17.2. The van der Waals surface area contributed by atoms with Crippen LogP contribution in [0.15, 0.2) is 22.7 Å². The third-order valence-electron chi connectivity index (χ3n) is 4.54. The van der Waals surface area contributed by atoms with E-state index in [4.69, 9.17) is 0 Å². The quantitative estimate of drug-likeness (QED) is 0.454. The number of rotatable bonds is 11. The van der Waals surface area contributed by atoms with Crippen LogP contribution in [0, 0.1) is 0 Å². The second-order valence-corrected chi connectivity index (χ2v) is 8.98. The maximum Gasteiger partial charge on any atom is 0.230 e. The number of aromatic nitrogens is 3. The van der Waals surface area contributed by atoms with Crippen molar-refractivity contribution < 1.29 is 4.79 Å². The van der Waals surface area contributed by atoms with Crippen molar-refractivity contribution in [1.82, 2.24) is 20.1 Å². The van der Waals surface area contributed by atoms with E-state index >= 15 is 0 Å². The molecule has 7 heteroatoms. The van der Waals surface area contributed by atoms with Gasteiger partial charge in [0.1, 0.15) is 5.82 Å². The first-order valence-corrected chi connectivity index (χ1v) is 11.4. The van der Waals surface area contributed by atoms with Gasteiger partial charge in [-0.15, -0.1) is 21.5 Å². The second-order valence-electron chi connectivity index (χ2n) is 7.01. The number of nitrogens with zero attached hydrogens (tertiary/aromatic N) is 3. The largest absolute Gasteiger partial charge is 0.353 e. The van der Waals surface area contributed by atoms with Crippen LogP contribution in [0.2, 0.25) is 0 Å². The zero-order valence-electron chi connectivity index (χ0n) is 15.6. The predicted octanol–water partition coefficient (Wildman–Crippen LogP) is 4.44. The van der Waals surface area contributed by atoms with Crippen molar-refractivity contribution in [3.05, 3.63) is 28.2 Å². The Labute approximate surface area is 164 Å². The number of unbranched alkanes of at least 4 members (excludes halogenated alkanes) is 2. The lowest BCUT2D eigenvalue weighted by molar-refractivity contribution is -0.119. The Hall–Kier alpha value is -1.34. The van der Waals surface area contributed by atoms with Crippen molar-refractivity contribution in [3.63, 3.8) is 0 Å². The van der Waals surface area contributed by atoms with Gasteiger partial charge >= 0.3 is 0 Å². The molecule has 1 aliphatic rings. The molecular weight excluding hydrogens is 364 g/mol. The lowest BCUT2D eigenvalue weighted by atomic mass is 10.1. The van der Waals surface area contributed by atoms with Crippen molar-refractivity contribution in [3.8, 4) is 0 Å². The molecule has 0 radical (unpaired) electrons. The molecule has 0 aromatic carbocycles. The average Bonchev–Trinajstić information content (AvgIpc) is 3.17. The van der Waals surface area contributed by atoms with Crippen molar-refractivity contribution >= 4 is 29.0 Å². The molecule has 3 rings (SSSR count). The molecule has 5 nitrogen and oxygen atoms in total. The summed E-state index contributed by atoms with van der Waals surface area (Å²) >= 11 is 3.26. The summed E-state index contributed by atoms with van der Waals surface area (Å²) in [5, 5.41) is 14.9. The number of carbonyl (C=O) groups is 1. The van der Waals surface area contributed by atoms with Crippen LogP contribution in [0.3, 0.4) is 0 Å². The number of thioether (sulfide) groups is 1. The van der Waals surface area contributed by atoms with E-state index in [9.17, 15) is 4.79 Å². The van der Waals surface area contributed by atoms with Crippen molar-refractivity contribution in [2.75, 3.05) is 5.75 Å². The number of thiophene rings is 1. The Bertz CT molecular complexity index is 694. The number of amides is 1. The number of hydrogen-bond acceptors (Lipinski definition) is 5. The maximum absolute atomic E-state index is 12.2. The molecule has 0 aliphatic heterocycles. The van der Waals surface area contributed by atoms with Crippen LogP contribution in [0.5, 0.6) is 0 Å². The number of nitrogens with one attached hydrogen (secondary N) is 1. The fourth-order valence-corrected chi connectivity index (χ4v) is 4.55. The van der Waals surface area contributed by atoms with E-state index in [1.165, 1.54) is 48.7 Å². The highest BCUT2D eigenvalue weighted by Gasteiger charge is 2.30. The summed E-state index contributed by atoms with van der Waals surface area (Å²) in [6.07, 6.45) is 7.85. The topological polar surface area (TPSA) is 59.8 Å². The minimum Gasteiger partial charge on any atom is -0.353 e. The summed E-state index contributed by atoms with van der Waals surface area (Å²) in [5.74, 6) is 1.51. The summed E-state index contributed by atoms with van der Waals surface area (Å²) in [4.78, 5) is 13.5. The third-order valence-corrected chi connectivity index (χ3v) is 6.36. The van der Waals surface area contributed by atoms with Gasteiger partial charge in [0.05, 0.1) is 5.75 Å². The van der Waals surface area contributed by atoms with Gasteiger partial charge in [-0.1, -0.05) is 44.0 Å². The third kappa shape index (κ3) is 5.58. The Morgan fingerprint density at radius 3 is 2.96 bits per heavy atom. The summed E-state index contributed by atoms with van der Waals surface area (Å²) < 4.78 is 2.25. The van der Waals surface area contributed by atoms with Crippen LogP contribution in [-0.2, 0) is 11.2 Å². The summed E-state index contributed by atoms with van der Waals surface area (Å²) in [6.45, 7) is 4.28. The Kier molecular flexibility index (Phi) is 7.14. The molecule has 0 saturated heterocycles. The van der Waals surface area contributed by atoms with Gasteiger partial charge in [-0.3, -0.25) is 4.79 Å². The molecule has 1 fully saturated rings. The Morgan fingerprint density at radius 1 is 1.42 bits per heavy atom. The fraction of sp³-hybridized carbons (Fsp3) is 0.632. The second kappa shape index (κ2) is 9.55. The lowest BCUT2D eigenvalue weighted by Crippen LogP contribution is -2.33. The van der Waals surface area contributed by atoms with Crippen LogP contribution >= 0.6 is 23.1 Å². The molecule has 2 aromatic rings. The van der Waals surface area contributed by atoms with Crippen LogP contribution < -0.4 is 5.32 Å².